The number of benzene rings is 1. The molecule has 3 aromatic heterocycles. The van der Waals surface area contributed by atoms with Crippen LogP contribution in [0.2, 0.25) is 0 Å². The number of hydrogen-bond acceptors (Lipinski definition) is 4. The minimum Gasteiger partial charge on any atom is -0.344 e. The van der Waals surface area contributed by atoms with Gasteiger partial charge < -0.3 is 4.98 Å². The number of nitrogens with one attached hydrogen (secondary N) is 1. The predicted molar refractivity (Wildman–Crippen MR) is 98.4 cm³/mol. The Morgan fingerprint density at radius 2 is 1.96 bits per heavy atom. The van der Waals surface area contributed by atoms with Gasteiger partial charge in [0.15, 0.2) is 11.4 Å². The normalized spacial score (nSPS) is 12.0. The number of carbonyl (C=O) groups is 1. The first-order valence-corrected chi connectivity index (χ1v) is 8.17. The molecule has 1 aromatic carbocycles. The average Bonchev–Trinajstić information content (AvgIpc) is 3.02. The second-order valence-corrected chi connectivity index (χ2v) is 7.14. The quantitative estimate of drug-likeness (QED) is 0.553. The number of nitrogens with zero attached hydrogens (tertiary/aromatic N) is 3. The number of pyridine rings is 1. The number of ketones is 1. The maximum atomic E-state index is 12.7. The molecule has 0 atom stereocenters. The molecular weight excluding hydrogens is 312 g/mol. The lowest BCUT2D eigenvalue weighted by Gasteiger charge is -2.15. The third kappa shape index (κ3) is 2.67. The number of hydrogen-bond donors (Lipinski definition) is 1. The number of rotatable bonds is 2. The molecule has 3 heterocycles. The van der Waals surface area contributed by atoms with Gasteiger partial charge in [-0.15, -0.1) is 0 Å². The molecule has 0 amide bonds. The summed E-state index contributed by atoms with van der Waals surface area (Å²) in [4.78, 5) is 29.2. The molecule has 25 heavy (non-hydrogen) atoms. The molecule has 0 aliphatic rings. The first kappa shape index (κ1) is 15.4. The summed E-state index contributed by atoms with van der Waals surface area (Å²) in [5.74, 6) is 0.0490. The van der Waals surface area contributed by atoms with Gasteiger partial charge in [0.2, 0.25) is 0 Å². The van der Waals surface area contributed by atoms with Crippen molar-refractivity contribution in [2.45, 2.75) is 20.8 Å². The minimum atomic E-state index is -0.471. The van der Waals surface area contributed by atoms with Crippen molar-refractivity contribution in [3.63, 3.8) is 0 Å². The fourth-order valence-corrected chi connectivity index (χ4v) is 2.84. The van der Waals surface area contributed by atoms with Crippen LogP contribution in [0.15, 0.2) is 48.9 Å². The number of aromatic nitrogens is 4. The van der Waals surface area contributed by atoms with E-state index in [1.807, 2.05) is 51.1 Å². The minimum absolute atomic E-state index is 0.0490. The third-order valence-electron chi connectivity index (χ3n) is 4.21. The second kappa shape index (κ2) is 5.48. The van der Waals surface area contributed by atoms with Crippen molar-refractivity contribution >= 4 is 27.9 Å². The van der Waals surface area contributed by atoms with Gasteiger partial charge in [-0.2, -0.15) is 0 Å². The third-order valence-corrected chi connectivity index (χ3v) is 4.21. The van der Waals surface area contributed by atoms with Gasteiger partial charge >= 0.3 is 0 Å². The van der Waals surface area contributed by atoms with E-state index < -0.39 is 5.41 Å². The SMILES string of the molecule is CC(C)(C)C(=O)c1c[nH]c2ncc(-c3ccc4ncccc4c3)nc12. The summed E-state index contributed by atoms with van der Waals surface area (Å²) < 4.78 is 0. The topological polar surface area (TPSA) is 71.5 Å². The zero-order chi connectivity index (χ0) is 17.6. The summed E-state index contributed by atoms with van der Waals surface area (Å²) in [5.41, 5.74) is 3.97. The Bertz CT molecular complexity index is 1110. The molecule has 4 aromatic rings. The van der Waals surface area contributed by atoms with Crippen LogP contribution in [0.3, 0.4) is 0 Å². The van der Waals surface area contributed by atoms with Gasteiger partial charge in [-0.1, -0.05) is 32.9 Å². The largest absolute Gasteiger partial charge is 0.344 e. The first-order valence-electron chi connectivity index (χ1n) is 8.17. The predicted octanol–water partition coefficient (Wildman–Crippen LogP) is 4.40. The van der Waals surface area contributed by atoms with Crippen molar-refractivity contribution in [2.75, 3.05) is 0 Å². The lowest BCUT2D eigenvalue weighted by molar-refractivity contribution is 0.0860. The summed E-state index contributed by atoms with van der Waals surface area (Å²) in [5, 5.41) is 1.04. The number of aromatic amines is 1. The molecule has 0 radical (unpaired) electrons. The standard InChI is InChI=1S/C20H18N4O/c1-20(2,3)18(25)14-10-22-19-17(14)24-16(11-23-19)13-6-7-15-12(9-13)5-4-8-21-15/h4-11H,1-3H3,(H,22,23). The molecular formula is C20H18N4O. The van der Waals surface area contributed by atoms with Gasteiger partial charge in [0.1, 0.15) is 5.52 Å². The Kier molecular flexibility index (Phi) is 3.39. The number of H-pyrrole nitrogens is 1. The van der Waals surface area contributed by atoms with Crippen LogP contribution < -0.4 is 0 Å². The Hall–Kier alpha value is -3.08. The second-order valence-electron chi connectivity index (χ2n) is 7.14. The van der Waals surface area contributed by atoms with Crippen molar-refractivity contribution in [1.82, 2.24) is 19.9 Å². The summed E-state index contributed by atoms with van der Waals surface area (Å²) in [6, 6.07) is 9.91. The number of carbonyl (C=O) groups excluding carboxylic acids is 1. The number of Topliss-reactive ketones (excluding diaryl/α,β-unsaturated/α-hetero) is 1. The van der Waals surface area contributed by atoms with E-state index in [2.05, 4.69) is 15.0 Å². The van der Waals surface area contributed by atoms with Gasteiger partial charge in [0.25, 0.3) is 0 Å². The summed E-state index contributed by atoms with van der Waals surface area (Å²) in [7, 11) is 0. The first-order chi connectivity index (χ1) is 11.9. The van der Waals surface area contributed by atoms with Crippen LogP contribution in [0.25, 0.3) is 33.3 Å². The van der Waals surface area contributed by atoms with E-state index in [-0.39, 0.29) is 5.78 Å². The van der Waals surface area contributed by atoms with Crippen LogP contribution in [-0.2, 0) is 0 Å². The molecule has 0 aliphatic heterocycles. The molecule has 5 nitrogen and oxygen atoms in total. The van der Waals surface area contributed by atoms with Gasteiger partial charge in [0, 0.05) is 28.8 Å². The van der Waals surface area contributed by atoms with Gasteiger partial charge in [-0.25, -0.2) is 9.97 Å². The molecule has 0 saturated carbocycles. The Balaban J connectivity index is 1.86. The Morgan fingerprint density at radius 3 is 2.76 bits per heavy atom. The van der Waals surface area contributed by atoms with Crippen LogP contribution in [-0.4, -0.2) is 25.7 Å². The van der Waals surface area contributed by atoms with Gasteiger partial charge in [-0.05, 0) is 18.2 Å². The van der Waals surface area contributed by atoms with Crippen LogP contribution in [0.1, 0.15) is 31.1 Å². The lowest BCUT2D eigenvalue weighted by Crippen LogP contribution is -2.20. The maximum absolute atomic E-state index is 12.7. The van der Waals surface area contributed by atoms with E-state index >= 15 is 0 Å². The monoisotopic (exact) mass is 330 g/mol. The average molecular weight is 330 g/mol. The molecule has 124 valence electrons. The summed E-state index contributed by atoms with van der Waals surface area (Å²) in [6.07, 6.45) is 5.20. The molecule has 0 aliphatic carbocycles. The zero-order valence-electron chi connectivity index (χ0n) is 14.4. The fraction of sp³-hybridized carbons (Fsp3) is 0.200. The van der Waals surface area contributed by atoms with Crippen LogP contribution in [0.4, 0.5) is 0 Å². The van der Waals surface area contributed by atoms with E-state index in [0.717, 1.165) is 22.2 Å². The fourth-order valence-electron chi connectivity index (χ4n) is 2.84. The van der Waals surface area contributed by atoms with Gasteiger partial charge in [-0.3, -0.25) is 9.78 Å². The van der Waals surface area contributed by atoms with Crippen molar-refractivity contribution in [3.8, 4) is 11.3 Å². The van der Waals surface area contributed by atoms with E-state index in [4.69, 9.17) is 4.98 Å². The Labute approximate surface area is 145 Å². The highest BCUT2D eigenvalue weighted by Gasteiger charge is 2.26. The van der Waals surface area contributed by atoms with Crippen molar-refractivity contribution < 1.29 is 4.79 Å². The molecule has 0 saturated heterocycles. The lowest BCUT2D eigenvalue weighted by atomic mass is 9.87. The van der Waals surface area contributed by atoms with E-state index in [0.29, 0.717) is 16.7 Å². The maximum Gasteiger partial charge on any atom is 0.171 e. The van der Waals surface area contributed by atoms with Crippen molar-refractivity contribution in [3.05, 3.63) is 54.5 Å². The zero-order valence-corrected chi connectivity index (χ0v) is 14.4. The van der Waals surface area contributed by atoms with Crippen LogP contribution >= 0.6 is 0 Å². The summed E-state index contributed by atoms with van der Waals surface area (Å²) in [6.45, 7) is 5.71. The summed E-state index contributed by atoms with van der Waals surface area (Å²) >= 11 is 0. The highest BCUT2D eigenvalue weighted by molar-refractivity contribution is 6.08. The van der Waals surface area contributed by atoms with E-state index in [1.54, 1.807) is 18.6 Å². The smallest absolute Gasteiger partial charge is 0.171 e. The number of fused-ring (bicyclic) bond motifs is 2. The molecule has 0 spiro atoms. The highest BCUT2D eigenvalue weighted by Crippen LogP contribution is 2.27. The molecule has 5 heteroatoms. The van der Waals surface area contributed by atoms with Crippen LogP contribution in [0, 0.1) is 5.41 Å². The van der Waals surface area contributed by atoms with Crippen molar-refractivity contribution in [1.29, 1.82) is 0 Å². The van der Waals surface area contributed by atoms with Gasteiger partial charge in [0.05, 0.1) is 23.0 Å². The van der Waals surface area contributed by atoms with Crippen molar-refractivity contribution in [2.24, 2.45) is 5.41 Å². The molecule has 1 N–H and O–H groups in total. The molecule has 0 bridgehead atoms. The van der Waals surface area contributed by atoms with Crippen LogP contribution in [0.5, 0.6) is 0 Å². The molecule has 0 unspecified atom stereocenters. The Morgan fingerprint density at radius 1 is 1.12 bits per heavy atom. The van der Waals surface area contributed by atoms with E-state index in [9.17, 15) is 4.79 Å². The molecule has 4 rings (SSSR count). The van der Waals surface area contributed by atoms with E-state index in [1.165, 1.54) is 0 Å². The molecule has 0 fully saturated rings. The highest BCUT2D eigenvalue weighted by atomic mass is 16.1.